The van der Waals surface area contributed by atoms with E-state index in [1.54, 1.807) is 12.1 Å². The predicted octanol–water partition coefficient (Wildman–Crippen LogP) is 5.82. The van der Waals surface area contributed by atoms with Crippen LogP contribution in [0.1, 0.15) is 76.7 Å². The normalized spacial score (nSPS) is 30.3. The Kier molecular flexibility index (Phi) is 6.65. The molecule has 4 atom stereocenters. The third-order valence-electron chi connectivity index (χ3n) is 10.3. The Morgan fingerprint density at radius 3 is 2.25 bits per heavy atom. The van der Waals surface area contributed by atoms with Gasteiger partial charge in [0.25, 0.3) is 11.1 Å². The highest BCUT2D eigenvalue weighted by atomic mass is 16.3. The van der Waals surface area contributed by atoms with Crippen LogP contribution in [0.4, 0.5) is 0 Å². The summed E-state index contributed by atoms with van der Waals surface area (Å²) in [6.07, 6.45) is 14.0. The zero-order valence-corrected chi connectivity index (χ0v) is 23.3. The molecule has 4 aliphatic rings. The highest BCUT2D eigenvalue weighted by Crippen LogP contribution is 2.47. The van der Waals surface area contributed by atoms with E-state index >= 15 is 0 Å². The topological polar surface area (TPSA) is 80.4 Å². The maximum Gasteiger partial charge on any atom is 0.279 e. The number of para-hydroxylation sites is 2. The van der Waals surface area contributed by atoms with Gasteiger partial charge in [0.1, 0.15) is 5.76 Å². The zero-order chi connectivity index (χ0) is 27.4. The molecule has 3 aromatic rings. The van der Waals surface area contributed by atoms with E-state index < -0.39 is 0 Å². The molecule has 0 spiro atoms. The third kappa shape index (κ3) is 4.52. The van der Waals surface area contributed by atoms with Crippen LogP contribution in [0, 0.1) is 11.8 Å². The smallest absolute Gasteiger partial charge is 0.279 e. The predicted molar refractivity (Wildman–Crippen MR) is 157 cm³/mol. The molecule has 210 valence electrons. The number of rotatable bonds is 5. The van der Waals surface area contributed by atoms with Crippen molar-refractivity contribution in [1.82, 2.24) is 19.0 Å². The number of aliphatic hydroxyl groups is 1. The van der Waals surface area contributed by atoms with Gasteiger partial charge in [0.05, 0.1) is 23.3 Å². The fourth-order valence-corrected chi connectivity index (χ4v) is 8.89. The van der Waals surface area contributed by atoms with Crippen LogP contribution in [-0.2, 0) is 6.54 Å². The van der Waals surface area contributed by atoms with Crippen molar-refractivity contribution >= 4 is 11.0 Å². The molecule has 4 heterocycles. The molecule has 4 bridgehead atoms. The molecule has 2 aliphatic heterocycles. The molecule has 2 saturated heterocycles. The van der Waals surface area contributed by atoms with Crippen molar-refractivity contribution in [2.75, 3.05) is 0 Å². The molecule has 1 aromatic carbocycles. The Labute approximate surface area is 235 Å². The number of fused-ring (bicyclic) bond motifs is 5. The van der Waals surface area contributed by atoms with Crippen LogP contribution in [0.15, 0.2) is 64.4 Å². The minimum absolute atomic E-state index is 0.0745. The van der Waals surface area contributed by atoms with Gasteiger partial charge in [-0.15, -0.1) is 0 Å². The molecular formula is C33H40N4O3. The first-order valence-corrected chi connectivity index (χ1v) is 15.3. The van der Waals surface area contributed by atoms with Gasteiger partial charge < -0.3 is 9.67 Å². The summed E-state index contributed by atoms with van der Waals surface area (Å²) in [7, 11) is 0. The van der Waals surface area contributed by atoms with E-state index in [9.17, 15) is 14.7 Å². The first kappa shape index (κ1) is 25.8. The van der Waals surface area contributed by atoms with Crippen LogP contribution in [0.3, 0.4) is 0 Å². The maximum absolute atomic E-state index is 14.4. The number of allylic oxidation sites excluding steroid dienone is 1. The number of nitrogens with zero attached hydrogens (tertiary/aromatic N) is 4. The minimum atomic E-state index is -0.298. The summed E-state index contributed by atoms with van der Waals surface area (Å²) in [5.41, 5.74) is 1.81. The van der Waals surface area contributed by atoms with Crippen molar-refractivity contribution in [3.63, 3.8) is 0 Å². The molecule has 1 N–H and O–H groups in total. The lowest BCUT2D eigenvalue weighted by Crippen LogP contribution is -2.58. The second kappa shape index (κ2) is 10.3. The summed E-state index contributed by atoms with van der Waals surface area (Å²) in [5.74, 6) is 1.68. The Hall–Kier alpha value is -3.19. The number of benzene rings is 1. The lowest BCUT2D eigenvalue weighted by atomic mass is 9.68. The number of pyridine rings is 1. The van der Waals surface area contributed by atoms with Crippen LogP contribution in [0.5, 0.6) is 0 Å². The molecule has 40 heavy (non-hydrogen) atoms. The molecular weight excluding hydrogens is 500 g/mol. The standard InChI is InChI=1S/C33H40N4O3/c1-21(38)20-35-30(13-6-14-31(35)39)32-33(40)37(29-12-3-2-11-28(29)34-32)27-18-24-9-5-10-25(19-27)36(24)26-16-22-7-4-8-23(15-22)17-26/h2-3,6,11-14,22-27,38H,1,4-5,7-10,15-20H2. The van der Waals surface area contributed by atoms with Gasteiger partial charge >= 0.3 is 0 Å². The van der Waals surface area contributed by atoms with E-state index in [1.807, 2.05) is 28.8 Å². The van der Waals surface area contributed by atoms with Crippen molar-refractivity contribution < 1.29 is 5.11 Å². The summed E-state index contributed by atoms with van der Waals surface area (Å²) in [6.45, 7) is 3.50. The summed E-state index contributed by atoms with van der Waals surface area (Å²) < 4.78 is 3.38. The van der Waals surface area contributed by atoms with Crippen molar-refractivity contribution in [2.24, 2.45) is 11.8 Å². The first-order chi connectivity index (χ1) is 19.5. The molecule has 7 rings (SSSR count). The quantitative estimate of drug-likeness (QED) is 0.412. The monoisotopic (exact) mass is 540 g/mol. The summed E-state index contributed by atoms with van der Waals surface area (Å²) >= 11 is 0. The fourth-order valence-electron chi connectivity index (χ4n) is 8.89. The highest BCUT2D eigenvalue weighted by Gasteiger charge is 2.45. The molecule has 2 saturated carbocycles. The second-order valence-electron chi connectivity index (χ2n) is 12.9. The van der Waals surface area contributed by atoms with Crippen molar-refractivity contribution in [1.29, 1.82) is 0 Å². The van der Waals surface area contributed by atoms with Gasteiger partial charge in [0.15, 0.2) is 5.69 Å². The summed E-state index contributed by atoms with van der Waals surface area (Å²) in [5, 5.41) is 9.91. The van der Waals surface area contributed by atoms with Crippen LogP contribution in [0.25, 0.3) is 22.4 Å². The number of aliphatic hydroxyl groups excluding tert-OH is 1. The van der Waals surface area contributed by atoms with Gasteiger partial charge in [-0.2, -0.15) is 0 Å². The van der Waals surface area contributed by atoms with E-state index in [1.165, 1.54) is 68.4 Å². The van der Waals surface area contributed by atoms with Gasteiger partial charge in [-0.1, -0.05) is 50.5 Å². The van der Waals surface area contributed by atoms with Gasteiger partial charge in [-0.3, -0.25) is 19.1 Å². The van der Waals surface area contributed by atoms with Gasteiger partial charge in [0, 0.05) is 30.2 Å². The maximum atomic E-state index is 14.4. The van der Waals surface area contributed by atoms with Crippen LogP contribution in [-0.4, -0.2) is 42.3 Å². The van der Waals surface area contributed by atoms with Crippen LogP contribution >= 0.6 is 0 Å². The number of hydrogen-bond acceptors (Lipinski definition) is 5. The molecule has 7 heteroatoms. The highest BCUT2D eigenvalue weighted by molar-refractivity contribution is 5.77. The number of piperidine rings is 2. The van der Waals surface area contributed by atoms with Gasteiger partial charge in [0.2, 0.25) is 0 Å². The van der Waals surface area contributed by atoms with E-state index in [0.717, 1.165) is 35.7 Å². The van der Waals surface area contributed by atoms with E-state index in [0.29, 0.717) is 23.8 Å². The zero-order valence-electron chi connectivity index (χ0n) is 23.3. The summed E-state index contributed by atoms with van der Waals surface area (Å²) in [6, 6.07) is 14.5. The Morgan fingerprint density at radius 2 is 1.52 bits per heavy atom. The fraction of sp³-hybridized carbons (Fsp3) is 0.545. The lowest BCUT2D eigenvalue weighted by Gasteiger charge is -2.55. The molecule has 4 fully saturated rings. The van der Waals surface area contributed by atoms with Crippen molar-refractivity contribution in [3.05, 3.63) is 75.5 Å². The first-order valence-electron chi connectivity index (χ1n) is 15.3. The van der Waals surface area contributed by atoms with Gasteiger partial charge in [-0.25, -0.2) is 4.98 Å². The van der Waals surface area contributed by atoms with Crippen molar-refractivity contribution in [2.45, 2.75) is 101 Å². The SMILES string of the molecule is C=C(O)Cn1c(-c2nc3ccccc3n(C3CC4CCCC(C3)N4C3CC4CCCC(C4)C3)c2=O)cccc1=O. The molecule has 2 aromatic heterocycles. The number of aromatic nitrogens is 3. The van der Waals surface area contributed by atoms with E-state index in [2.05, 4.69) is 11.5 Å². The molecule has 2 aliphatic carbocycles. The molecule has 4 unspecified atom stereocenters. The minimum Gasteiger partial charge on any atom is -0.511 e. The molecule has 7 nitrogen and oxygen atoms in total. The Bertz CT molecular complexity index is 1530. The molecule has 0 amide bonds. The average molecular weight is 541 g/mol. The Balaban J connectivity index is 1.29. The summed E-state index contributed by atoms with van der Waals surface area (Å²) in [4.78, 5) is 34.8. The lowest BCUT2D eigenvalue weighted by molar-refractivity contribution is -0.0485. The van der Waals surface area contributed by atoms with Crippen LogP contribution in [0.2, 0.25) is 0 Å². The van der Waals surface area contributed by atoms with E-state index in [-0.39, 0.29) is 35.2 Å². The van der Waals surface area contributed by atoms with Crippen LogP contribution < -0.4 is 11.1 Å². The number of hydrogen-bond donors (Lipinski definition) is 1. The van der Waals surface area contributed by atoms with Gasteiger partial charge in [-0.05, 0) is 75.0 Å². The average Bonchev–Trinajstić information content (AvgIpc) is 2.93. The molecule has 0 radical (unpaired) electrons. The largest absolute Gasteiger partial charge is 0.511 e. The third-order valence-corrected chi connectivity index (χ3v) is 10.3. The van der Waals surface area contributed by atoms with Crippen molar-refractivity contribution in [3.8, 4) is 11.4 Å². The Morgan fingerprint density at radius 1 is 0.825 bits per heavy atom. The van der Waals surface area contributed by atoms with E-state index in [4.69, 9.17) is 4.98 Å². The second-order valence-corrected chi connectivity index (χ2v) is 12.9.